The lowest BCUT2D eigenvalue weighted by Crippen LogP contribution is -2.25. The Bertz CT molecular complexity index is 108. The SMILES string of the molecule is FC(F)(F)C[C@@](F)(Br)CBr. The van der Waals surface area contributed by atoms with E-state index in [9.17, 15) is 17.6 Å². The highest BCUT2D eigenvalue weighted by Gasteiger charge is 2.40. The number of alkyl halides is 6. The number of hydrogen-bond donors (Lipinski definition) is 0. The van der Waals surface area contributed by atoms with Crippen molar-refractivity contribution in [1.29, 1.82) is 0 Å². The predicted octanol–water partition coefficient (Wildman–Crippen LogP) is 3.39. The van der Waals surface area contributed by atoms with Gasteiger partial charge in [-0.2, -0.15) is 13.2 Å². The first-order valence-corrected chi connectivity index (χ1v) is 4.19. The van der Waals surface area contributed by atoms with Gasteiger partial charge in [-0.1, -0.05) is 15.9 Å². The summed E-state index contributed by atoms with van der Waals surface area (Å²) < 4.78 is 44.4. The standard InChI is InChI=1S/C4H4Br2F4/c5-2-3(6,7)1-4(8,9)10/h1-2H2/t3-/m0/s1. The van der Waals surface area contributed by atoms with Crippen molar-refractivity contribution in [1.82, 2.24) is 0 Å². The Balaban J connectivity index is 3.89. The smallest absolute Gasteiger partial charge is 0.230 e. The molecule has 0 aromatic heterocycles. The molecule has 0 aliphatic carbocycles. The minimum absolute atomic E-state index is 0.375. The van der Waals surface area contributed by atoms with Crippen molar-refractivity contribution < 1.29 is 17.6 Å². The Kier molecular flexibility index (Phi) is 3.61. The molecule has 0 N–H and O–H groups in total. The van der Waals surface area contributed by atoms with Crippen LogP contribution in [0.25, 0.3) is 0 Å². The number of rotatable bonds is 2. The fourth-order valence-corrected chi connectivity index (χ4v) is 0.857. The largest absolute Gasteiger partial charge is 0.393 e. The highest BCUT2D eigenvalue weighted by molar-refractivity contribution is 9.12. The Labute approximate surface area is 72.2 Å². The monoisotopic (exact) mass is 286 g/mol. The van der Waals surface area contributed by atoms with E-state index in [0.29, 0.717) is 0 Å². The van der Waals surface area contributed by atoms with Crippen molar-refractivity contribution in [3.8, 4) is 0 Å². The van der Waals surface area contributed by atoms with Gasteiger partial charge in [0.1, 0.15) is 0 Å². The molecular weight excluding hydrogens is 284 g/mol. The van der Waals surface area contributed by atoms with Gasteiger partial charge in [0.15, 0.2) is 4.58 Å². The maximum Gasteiger partial charge on any atom is 0.393 e. The molecule has 0 bridgehead atoms. The van der Waals surface area contributed by atoms with Gasteiger partial charge in [0.25, 0.3) is 0 Å². The minimum Gasteiger partial charge on any atom is -0.230 e. The van der Waals surface area contributed by atoms with E-state index in [-0.39, 0.29) is 5.33 Å². The van der Waals surface area contributed by atoms with Crippen molar-refractivity contribution in [3.63, 3.8) is 0 Å². The lowest BCUT2D eigenvalue weighted by Gasteiger charge is -2.16. The zero-order chi connectivity index (χ0) is 8.41. The van der Waals surface area contributed by atoms with Crippen LogP contribution in [0.5, 0.6) is 0 Å². The van der Waals surface area contributed by atoms with Crippen LogP contribution in [-0.2, 0) is 0 Å². The molecule has 0 aromatic rings. The van der Waals surface area contributed by atoms with Gasteiger partial charge in [-0.3, -0.25) is 0 Å². The van der Waals surface area contributed by atoms with E-state index in [4.69, 9.17) is 0 Å². The quantitative estimate of drug-likeness (QED) is 0.539. The topological polar surface area (TPSA) is 0 Å². The minimum atomic E-state index is -4.47. The highest BCUT2D eigenvalue weighted by Crippen LogP contribution is 2.35. The molecule has 0 amide bonds. The van der Waals surface area contributed by atoms with Crippen LogP contribution in [-0.4, -0.2) is 16.1 Å². The van der Waals surface area contributed by atoms with Crippen molar-refractivity contribution in [2.75, 3.05) is 5.33 Å². The molecule has 1 atom stereocenters. The van der Waals surface area contributed by atoms with Crippen LogP contribution in [0.15, 0.2) is 0 Å². The Morgan fingerprint density at radius 2 is 1.50 bits per heavy atom. The van der Waals surface area contributed by atoms with Crippen LogP contribution in [0.4, 0.5) is 17.6 Å². The van der Waals surface area contributed by atoms with E-state index >= 15 is 0 Å². The molecule has 0 rings (SSSR count). The molecule has 0 saturated heterocycles. The summed E-state index contributed by atoms with van der Waals surface area (Å²) in [5.41, 5.74) is 0. The molecule has 0 aliphatic rings. The first-order chi connectivity index (χ1) is 4.27. The highest BCUT2D eigenvalue weighted by atomic mass is 79.9. The summed E-state index contributed by atoms with van der Waals surface area (Å²) in [5, 5.41) is -0.375. The molecule has 10 heavy (non-hydrogen) atoms. The Hall–Kier alpha value is 0.680. The lowest BCUT2D eigenvalue weighted by atomic mass is 10.3. The second-order valence-electron chi connectivity index (χ2n) is 1.78. The normalized spacial score (nSPS) is 18.6. The van der Waals surface area contributed by atoms with Crippen LogP contribution in [0.3, 0.4) is 0 Å². The van der Waals surface area contributed by atoms with Crippen LogP contribution in [0.1, 0.15) is 6.42 Å². The lowest BCUT2D eigenvalue weighted by molar-refractivity contribution is -0.146. The summed E-state index contributed by atoms with van der Waals surface area (Å²) in [6.07, 6.45) is -5.95. The molecule has 62 valence electrons. The van der Waals surface area contributed by atoms with Crippen LogP contribution in [0, 0.1) is 0 Å². The average Bonchev–Trinajstić information content (AvgIpc) is 1.60. The zero-order valence-corrected chi connectivity index (χ0v) is 7.85. The second kappa shape index (κ2) is 3.38. The molecule has 0 nitrogen and oxygen atoms in total. The molecule has 0 unspecified atom stereocenters. The summed E-state index contributed by atoms with van der Waals surface area (Å²) in [6, 6.07) is 0. The van der Waals surface area contributed by atoms with Gasteiger partial charge in [-0.25, -0.2) is 4.39 Å². The molecule has 0 aromatic carbocycles. The summed E-state index contributed by atoms with van der Waals surface area (Å²) in [6.45, 7) is 0. The summed E-state index contributed by atoms with van der Waals surface area (Å²) in [5.74, 6) is 0. The van der Waals surface area contributed by atoms with E-state index < -0.39 is 17.2 Å². The summed E-state index contributed by atoms with van der Waals surface area (Å²) in [4.78, 5) is 0. The second-order valence-corrected chi connectivity index (χ2v) is 3.76. The van der Waals surface area contributed by atoms with E-state index in [2.05, 4.69) is 31.9 Å². The third-order valence-electron chi connectivity index (χ3n) is 0.655. The molecule has 0 heterocycles. The van der Waals surface area contributed by atoms with Gasteiger partial charge in [0.05, 0.1) is 6.42 Å². The van der Waals surface area contributed by atoms with Crippen LogP contribution >= 0.6 is 31.9 Å². The maximum atomic E-state index is 12.5. The van der Waals surface area contributed by atoms with E-state index in [1.54, 1.807) is 0 Å². The van der Waals surface area contributed by atoms with Gasteiger partial charge >= 0.3 is 6.18 Å². The van der Waals surface area contributed by atoms with E-state index in [1.807, 2.05) is 0 Å². The molecule has 0 aliphatic heterocycles. The predicted molar refractivity (Wildman–Crippen MR) is 37.2 cm³/mol. The molecule has 0 fully saturated rings. The van der Waals surface area contributed by atoms with Gasteiger partial charge in [0.2, 0.25) is 0 Å². The maximum absolute atomic E-state index is 12.5. The third-order valence-corrected chi connectivity index (χ3v) is 2.86. The molecule has 0 saturated carbocycles. The summed E-state index contributed by atoms with van der Waals surface area (Å²) >= 11 is 4.88. The van der Waals surface area contributed by atoms with Gasteiger partial charge in [-0.05, 0) is 15.9 Å². The zero-order valence-electron chi connectivity index (χ0n) is 4.68. The molecule has 0 spiro atoms. The van der Waals surface area contributed by atoms with Crippen molar-refractivity contribution in [2.45, 2.75) is 17.2 Å². The molecule has 0 radical (unpaired) electrons. The summed E-state index contributed by atoms with van der Waals surface area (Å²) in [7, 11) is 0. The van der Waals surface area contributed by atoms with Gasteiger partial charge < -0.3 is 0 Å². The van der Waals surface area contributed by atoms with Crippen LogP contribution in [0.2, 0.25) is 0 Å². The fraction of sp³-hybridized carbons (Fsp3) is 1.00. The van der Waals surface area contributed by atoms with Gasteiger partial charge in [0, 0.05) is 5.33 Å². The van der Waals surface area contributed by atoms with Gasteiger partial charge in [-0.15, -0.1) is 0 Å². The van der Waals surface area contributed by atoms with Crippen LogP contribution < -0.4 is 0 Å². The third kappa shape index (κ3) is 5.46. The number of halogens is 6. The van der Waals surface area contributed by atoms with E-state index in [1.165, 1.54) is 0 Å². The molecular formula is C4H4Br2F4. The Morgan fingerprint density at radius 3 is 1.60 bits per heavy atom. The Morgan fingerprint density at radius 1 is 1.10 bits per heavy atom. The van der Waals surface area contributed by atoms with E-state index in [0.717, 1.165) is 0 Å². The molecule has 6 heteroatoms. The number of hydrogen-bond acceptors (Lipinski definition) is 0. The van der Waals surface area contributed by atoms with Crippen molar-refractivity contribution in [3.05, 3.63) is 0 Å². The fourth-order valence-electron chi connectivity index (χ4n) is 0.341. The average molecular weight is 288 g/mol. The van der Waals surface area contributed by atoms with Crippen molar-refractivity contribution >= 4 is 31.9 Å². The first-order valence-electron chi connectivity index (χ1n) is 2.27. The van der Waals surface area contributed by atoms with Crippen molar-refractivity contribution in [2.24, 2.45) is 0 Å². The first kappa shape index (κ1) is 10.7.